The Hall–Kier alpha value is 0.0700. The highest BCUT2D eigenvalue weighted by Crippen LogP contribution is 2.17. The molecule has 1 heterocycles. The Balaban J connectivity index is 2.47. The minimum Gasteiger partial charge on any atom is -0.311 e. The summed E-state index contributed by atoms with van der Waals surface area (Å²) in [7, 11) is -0.662. The maximum atomic E-state index is 11.2. The third-order valence-electron chi connectivity index (χ3n) is 3.84. The van der Waals surface area contributed by atoms with Crippen molar-refractivity contribution in [1.82, 2.24) is 10.2 Å². The minimum absolute atomic E-state index is 0.542. The third-order valence-corrected chi connectivity index (χ3v) is 4.66. The molecule has 0 aromatic carbocycles. The van der Waals surface area contributed by atoms with Crippen molar-refractivity contribution in [2.45, 2.75) is 58.7 Å². The Morgan fingerprint density at radius 3 is 2.61 bits per heavy atom. The molecule has 1 N–H and O–H groups in total. The van der Waals surface area contributed by atoms with Gasteiger partial charge in [-0.3, -0.25) is 9.11 Å². The molecule has 1 rings (SSSR count). The molecule has 1 aliphatic rings. The first-order valence-corrected chi connectivity index (χ1v) is 8.92. The van der Waals surface area contributed by atoms with Gasteiger partial charge in [0.25, 0.3) is 0 Å². The Labute approximate surface area is 115 Å². The van der Waals surface area contributed by atoms with E-state index in [1.54, 1.807) is 6.26 Å². The molecule has 0 amide bonds. The van der Waals surface area contributed by atoms with Gasteiger partial charge in [-0.05, 0) is 32.6 Å². The molecule has 4 atom stereocenters. The van der Waals surface area contributed by atoms with Gasteiger partial charge < -0.3 is 5.32 Å². The van der Waals surface area contributed by atoms with Crippen LogP contribution in [0.4, 0.5) is 0 Å². The summed E-state index contributed by atoms with van der Waals surface area (Å²) < 4.78 is 11.2. The second kappa shape index (κ2) is 7.61. The number of piperazine rings is 1. The van der Waals surface area contributed by atoms with Gasteiger partial charge in [0.05, 0.1) is 0 Å². The highest BCUT2D eigenvalue weighted by atomic mass is 32.2. The average molecular weight is 274 g/mol. The van der Waals surface area contributed by atoms with Crippen molar-refractivity contribution < 1.29 is 4.21 Å². The largest absolute Gasteiger partial charge is 0.311 e. The van der Waals surface area contributed by atoms with E-state index in [1.165, 1.54) is 6.42 Å². The predicted molar refractivity (Wildman–Crippen MR) is 80.4 cm³/mol. The van der Waals surface area contributed by atoms with Gasteiger partial charge in [-0.15, -0.1) is 0 Å². The Bertz CT molecular complexity index is 271. The van der Waals surface area contributed by atoms with E-state index >= 15 is 0 Å². The van der Waals surface area contributed by atoms with Crippen molar-refractivity contribution >= 4 is 10.8 Å². The summed E-state index contributed by atoms with van der Waals surface area (Å²) >= 11 is 0. The molecule has 0 aromatic rings. The van der Waals surface area contributed by atoms with E-state index in [9.17, 15) is 4.21 Å². The van der Waals surface area contributed by atoms with E-state index in [0.29, 0.717) is 18.1 Å². The molecule has 1 fully saturated rings. The molecule has 4 heteroatoms. The van der Waals surface area contributed by atoms with Crippen LogP contribution in [0, 0.1) is 5.92 Å². The van der Waals surface area contributed by atoms with Crippen molar-refractivity contribution in [3.63, 3.8) is 0 Å². The maximum Gasteiger partial charge on any atom is 0.0246 e. The summed E-state index contributed by atoms with van der Waals surface area (Å²) in [5.41, 5.74) is 0. The van der Waals surface area contributed by atoms with Gasteiger partial charge in [-0.2, -0.15) is 0 Å². The first-order valence-electron chi connectivity index (χ1n) is 7.19. The van der Waals surface area contributed by atoms with Crippen LogP contribution in [0.5, 0.6) is 0 Å². The zero-order valence-corrected chi connectivity index (χ0v) is 13.4. The molecule has 0 spiro atoms. The second-order valence-electron chi connectivity index (χ2n) is 6.20. The lowest BCUT2D eigenvalue weighted by Gasteiger charge is -2.42. The van der Waals surface area contributed by atoms with Crippen LogP contribution in [-0.4, -0.2) is 52.3 Å². The molecular formula is C14H30N2OS. The summed E-state index contributed by atoms with van der Waals surface area (Å²) in [5.74, 6) is 1.57. The molecule has 0 aromatic heterocycles. The van der Waals surface area contributed by atoms with Gasteiger partial charge in [0.2, 0.25) is 0 Å². The van der Waals surface area contributed by atoms with Gasteiger partial charge in [0, 0.05) is 54.0 Å². The molecule has 0 radical (unpaired) electrons. The zero-order valence-electron chi connectivity index (χ0n) is 12.6. The number of hydrogen-bond acceptors (Lipinski definition) is 3. The van der Waals surface area contributed by atoms with Crippen molar-refractivity contribution in [1.29, 1.82) is 0 Å². The lowest BCUT2D eigenvalue weighted by molar-refractivity contribution is 0.0909. The molecule has 4 unspecified atom stereocenters. The zero-order chi connectivity index (χ0) is 13.7. The number of rotatable bonds is 6. The minimum atomic E-state index is -0.662. The van der Waals surface area contributed by atoms with E-state index in [2.05, 4.69) is 37.9 Å². The van der Waals surface area contributed by atoms with Crippen LogP contribution < -0.4 is 5.32 Å². The van der Waals surface area contributed by atoms with Crippen molar-refractivity contribution in [2.75, 3.05) is 25.1 Å². The van der Waals surface area contributed by atoms with Crippen molar-refractivity contribution in [2.24, 2.45) is 5.92 Å². The van der Waals surface area contributed by atoms with Gasteiger partial charge in [0.1, 0.15) is 0 Å². The van der Waals surface area contributed by atoms with Gasteiger partial charge in [-0.1, -0.05) is 13.8 Å². The van der Waals surface area contributed by atoms with Gasteiger partial charge in [0.15, 0.2) is 0 Å². The van der Waals surface area contributed by atoms with Gasteiger partial charge >= 0.3 is 0 Å². The summed E-state index contributed by atoms with van der Waals surface area (Å²) in [6.45, 7) is 11.4. The summed E-state index contributed by atoms with van der Waals surface area (Å²) in [4.78, 5) is 2.59. The fraction of sp³-hybridized carbons (Fsp3) is 1.00. The topological polar surface area (TPSA) is 32.3 Å². The fourth-order valence-electron chi connectivity index (χ4n) is 2.80. The van der Waals surface area contributed by atoms with Crippen LogP contribution in [0.25, 0.3) is 0 Å². The quantitative estimate of drug-likeness (QED) is 0.802. The fourth-order valence-corrected chi connectivity index (χ4v) is 3.47. The molecule has 3 nitrogen and oxygen atoms in total. The molecule has 0 bridgehead atoms. The van der Waals surface area contributed by atoms with Crippen molar-refractivity contribution in [3.05, 3.63) is 0 Å². The van der Waals surface area contributed by atoms with Crippen LogP contribution in [0.3, 0.4) is 0 Å². The SMILES string of the molecule is CC(C)CC1CN(C(C)CCS(C)=O)C(C)CN1. The van der Waals surface area contributed by atoms with Crippen LogP contribution in [0.1, 0.15) is 40.5 Å². The van der Waals surface area contributed by atoms with Crippen LogP contribution in [0.2, 0.25) is 0 Å². The molecular weight excluding hydrogens is 244 g/mol. The number of nitrogens with zero attached hydrogens (tertiary/aromatic N) is 1. The maximum absolute atomic E-state index is 11.2. The van der Waals surface area contributed by atoms with Crippen molar-refractivity contribution in [3.8, 4) is 0 Å². The van der Waals surface area contributed by atoms with E-state index in [0.717, 1.165) is 31.2 Å². The summed E-state index contributed by atoms with van der Waals surface area (Å²) in [5, 5.41) is 3.65. The normalized spacial score (nSPS) is 29.4. The van der Waals surface area contributed by atoms with Crippen LogP contribution in [0.15, 0.2) is 0 Å². The summed E-state index contributed by atoms with van der Waals surface area (Å²) in [6, 6.07) is 1.75. The third kappa shape index (κ3) is 5.37. The van der Waals surface area contributed by atoms with E-state index in [1.807, 2.05) is 0 Å². The van der Waals surface area contributed by atoms with Gasteiger partial charge in [-0.25, -0.2) is 0 Å². The summed E-state index contributed by atoms with van der Waals surface area (Å²) in [6.07, 6.45) is 4.09. The predicted octanol–water partition coefficient (Wildman–Crippen LogP) is 1.85. The van der Waals surface area contributed by atoms with Crippen LogP contribution >= 0.6 is 0 Å². The molecule has 1 aliphatic heterocycles. The smallest absolute Gasteiger partial charge is 0.0246 e. The highest BCUT2D eigenvalue weighted by molar-refractivity contribution is 7.84. The second-order valence-corrected chi connectivity index (χ2v) is 7.75. The highest BCUT2D eigenvalue weighted by Gasteiger charge is 2.28. The van der Waals surface area contributed by atoms with E-state index in [4.69, 9.17) is 0 Å². The number of hydrogen-bond donors (Lipinski definition) is 1. The Kier molecular flexibility index (Phi) is 6.82. The lowest BCUT2D eigenvalue weighted by atomic mass is 9.98. The molecule has 18 heavy (non-hydrogen) atoms. The molecule has 0 aliphatic carbocycles. The van der Waals surface area contributed by atoms with E-state index < -0.39 is 10.8 Å². The van der Waals surface area contributed by atoms with E-state index in [-0.39, 0.29) is 0 Å². The molecule has 0 saturated carbocycles. The average Bonchev–Trinajstić information content (AvgIpc) is 2.28. The first-order chi connectivity index (χ1) is 8.40. The molecule has 108 valence electrons. The molecule has 1 saturated heterocycles. The Morgan fingerprint density at radius 2 is 2.06 bits per heavy atom. The number of nitrogens with one attached hydrogen (secondary N) is 1. The standard InChI is InChI=1S/C14H30N2OS/c1-11(2)8-14-10-16(13(4)9-15-14)12(3)6-7-18(5)17/h11-15H,6-10H2,1-5H3. The Morgan fingerprint density at radius 1 is 1.39 bits per heavy atom. The van der Waals surface area contributed by atoms with Crippen LogP contribution in [-0.2, 0) is 10.8 Å². The first kappa shape index (κ1) is 16.1. The lowest BCUT2D eigenvalue weighted by Crippen LogP contribution is -2.58. The monoisotopic (exact) mass is 274 g/mol.